The van der Waals surface area contributed by atoms with E-state index in [0.29, 0.717) is 12.2 Å². The van der Waals surface area contributed by atoms with Gasteiger partial charge in [-0.2, -0.15) is 0 Å². The number of sulfonamides is 1. The van der Waals surface area contributed by atoms with Crippen molar-refractivity contribution in [1.29, 1.82) is 0 Å². The summed E-state index contributed by atoms with van der Waals surface area (Å²) in [5, 5.41) is 9.99. The molecule has 0 heterocycles. The predicted molar refractivity (Wildman–Crippen MR) is 78.1 cm³/mol. The van der Waals surface area contributed by atoms with E-state index in [4.69, 9.17) is 10.5 Å². The second-order valence-electron chi connectivity index (χ2n) is 4.98. The van der Waals surface area contributed by atoms with E-state index in [0.717, 1.165) is 6.42 Å². The van der Waals surface area contributed by atoms with E-state index in [9.17, 15) is 13.5 Å². The number of nitrogens with one attached hydrogen (secondary N) is 1. The van der Waals surface area contributed by atoms with Crippen LogP contribution in [0.15, 0.2) is 23.1 Å². The maximum atomic E-state index is 12.1. The molecule has 1 aromatic carbocycles. The van der Waals surface area contributed by atoms with Crippen molar-refractivity contribution < 1.29 is 18.3 Å². The number of nitrogen functional groups attached to an aromatic ring is 1. The summed E-state index contributed by atoms with van der Waals surface area (Å²) in [7, 11) is -2.25. The molecule has 1 atom stereocenters. The van der Waals surface area contributed by atoms with Gasteiger partial charge in [0.25, 0.3) is 0 Å². The number of hydrogen-bond donors (Lipinski definition) is 3. The summed E-state index contributed by atoms with van der Waals surface area (Å²) in [6, 6.07) is 4.23. The number of nitrogens with two attached hydrogens (primary N) is 1. The Morgan fingerprint density at radius 3 is 2.60 bits per heavy atom. The van der Waals surface area contributed by atoms with Crippen LogP contribution in [-0.4, -0.2) is 32.8 Å². The van der Waals surface area contributed by atoms with E-state index in [1.165, 1.54) is 25.3 Å². The third-order valence-corrected chi connectivity index (χ3v) is 4.34. The Hall–Kier alpha value is -1.31. The van der Waals surface area contributed by atoms with Crippen LogP contribution in [0.2, 0.25) is 0 Å². The van der Waals surface area contributed by atoms with Gasteiger partial charge in [-0.15, -0.1) is 0 Å². The summed E-state index contributed by atoms with van der Waals surface area (Å²) in [6.45, 7) is 3.48. The fourth-order valence-electron chi connectivity index (χ4n) is 1.84. The minimum atomic E-state index is -3.70. The SMILES string of the molecule is CCCC(C)(O)CNS(=O)(=O)c1ccc(OC)c(N)c1. The van der Waals surface area contributed by atoms with Gasteiger partial charge < -0.3 is 15.6 Å². The van der Waals surface area contributed by atoms with Gasteiger partial charge in [0.1, 0.15) is 5.75 Å². The summed E-state index contributed by atoms with van der Waals surface area (Å²) < 4.78 is 31.6. The fraction of sp³-hybridized carbons (Fsp3) is 0.538. The Morgan fingerprint density at radius 2 is 2.10 bits per heavy atom. The molecule has 0 radical (unpaired) electrons. The summed E-state index contributed by atoms with van der Waals surface area (Å²) >= 11 is 0. The smallest absolute Gasteiger partial charge is 0.240 e. The molecular formula is C13H22N2O4S. The molecule has 0 saturated heterocycles. The first kappa shape index (κ1) is 16.7. The molecule has 1 unspecified atom stereocenters. The fourth-order valence-corrected chi connectivity index (χ4v) is 3.04. The van der Waals surface area contributed by atoms with Gasteiger partial charge in [0.2, 0.25) is 10.0 Å². The molecule has 0 aromatic heterocycles. The Kier molecular flexibility index (Phi) is 5.38. The highest BCUT2D eigenvalue weighted by Crippen LogP contribution is 2.24. The number of aliphatic hydroxyl groups is 1. The van der Waals surface area contributed by atoms with Crippen molar-refractivity contribution in [2.24, 2.45) is 0 Å². The highest BCUT2D eigenvalue weighted by molar-refractivity contribution is 7.89. The normalized spacial score (nSPS) is 14.8. The molecule has 4 N–H and O–H groups in total. The molecule has 0 aliphatic carbocycles. The summed E-state index contributed by atoms with van der Waals surface area (Å²) in [6.07, 6.45) is 1.28. The van der Waals surface area contributed by atoms with Crippen LogP contribution in [0.4, 0.5) is 5.69 Å². The standard InChI is InChI=1S/C13H22N2O4S/c1-4-7-13(2,16)9-15-20(17,18)10-5-6-12(19-3)11(14)8-10/h5-6,8,15-16H,4,7,9,14H2,1-3H3. The highest BCUT2D eigenvalue weighted by atomic mass is 32.2. The second kappa shape index (κ2) is 6.43. The zero-order valence-electron chi connectivity index (χ0n) is 12.0. The molecule has 0 amide bonds. The van der Waals surface area contributed by atoms with Crippen LogP contribution in [-0.2, 0) is 10.0 Å². The molecule has 0 saturated carbocycles. The lowest BCUT2D eigenvalue weighted by Gasteiger charge is -2.23. The van der Waals surface area contributed by atoms with Gasteiger partial charge in [0.05, 0.1) is 23.3 Å². The maximum Gasteiger partial charge on any atom is 0.240 e. The Morgan fingerprint density at radius 1 is 1.45 bits per heavy atom. The molecule has 1 aromatic rings. The molecule has 6 nitrogen and oxygen atoms in total. The zero-order valence-corrected chi connectivity index (χ0v) is 12.8. The van der Waals surface area contributed by atoms with Crippen molar-refractivity contribution in [3.8, 4) is 5.75 Å². The molecule has 114 valence electrons. The molecule has 1 rings (SSSR count). The van der Waals surface area contributed by atoms with Gasteiger partial charge in [-0.05, 0) is 31.5 Å². The van der Waals surface area contributed by atoms with E-state index in [-0.39, 0.29) is 17.1 Å². The minimum Gasteiger partial charge on any atom is -0.495 e. The van der Waals surface area contributed by atoms with Gasteiger partial charge in [-0.3, -0.25) is 0 Å². The van der Waals surface area contributed by atoms with Crippen LogP contribution < -0.4 is 15.2 Å². The summed E-state index contributed by atoms with van der Waals surface area (Å²) in [4.78, 5) is 0.0445. The van der Waals surface area contributed by atoms with Crippen molar-refractivity contribution in [3.63, 3.8) is 0 Å². The van der Waals surface area contributed by atoms with Crippen molar-refractivity contribution in [1.82, 2.24) is 4.72 Å². The summed E-state index contributed by atoms with van der Waals surface area (Å²) in [5.74, 6) is 0.418. The highest BCUT2D eigenvalue weighted by Gasteiger charge is 2.23. The quantitative estimate of drug-likeness (QED) is 0.655. The Balaban J connectivity index is 2.87. The van der Waals surface area contributed by atoms with E-state index in [2.05, 4.69) is 4.72 Å². The molecule has 0 aliphatic rings. The Bertz CT molecular complexity index is 555. The number of methoxy groups -OCH3 is 1. The van der Waals surface area contributed by atoms with E-state index in [1.54, 1.807) is 6.92 Å². The average molecular weight is 302 g/mol. The lowest BCUT2D eigenvalue weighted by molar-refractivity contribution is 0.0554. The monoisotopic (exact) mass is 302 g/mol. The van der Waals surface area contributed by atoms with Gasteiger partial charge in [0.15, 0.2) is 0 Å². The number of anilines is 1. The largest absolute Gasteiger partial charge is 0.495 e. The predicted octanol–water partition coefficient (Wildman–Crippen LogP) is 1.11. The molecule has 0 aliphatic heterocycles. The molecule has 20 heavy (non-hydrogen) atoms. The minimum absolute atomic E-state index is 0.0445. The molecular weight excluding hydrogens is 280 g/mol. The van der Waals surface area contributed by atoms with E-state index >= 15 is 0 Å². The van der Waals surface area contributed by atoms with Crippen molar-refractivity contribution in [3.05, 3.63) is 18.2 Å². The van der Waals surface area contributed by atoms with Crippen LogP contribution in [0.25, 0.3) is 0 Å². The lowest BCUT2D eigenvalue weighted by Crippen LogP contribution is -2.40. The summed E-state index contributed by atoms with van der Waals surface area (Å²) in [5.41, 5.74) is 4.87. The number of rotatable bonds is 7. The van der Waals surface area contributed by atoms with Gasteiger partial charge in [0, 0.05) is 6.54 Å². The molecule has 7 heteroatoms. The first-order valence-electron chi connectivity index (χ1n) is 6.37. The van der Waals surface area contributed by atoms with Gasteiger partial charge in [-0.1, -0.05) is 13.3 Å². The topological polar surface area (TPSA) is 102 Å². The zero-order chi connectivity index (χ0) is 15.4. The van der Waals surface area contributed by atoms with Gasteiger partial charge in [-0.25, -0.2) is 13.1 Å². The molecule has 0 bridgehead atoms. The molecule has 0 fully saturated rings. The Labute approximate surface area is 120 Å². The first-order valence-corrected chi connectivity index (χ1v) is 7.86. The van der Waals surface area contributed by atoms with Gasteiger partial charge >= 0.3 is 0 Å². The third-order valence-electron chi connectivity index (χ3n) is 2.94. The van der Waals surface area contributed by atoms with Crippen molar-refractivity contribution in [2.45, 2.75) is 37.2 Å². The lowest BCUT2D eigenvalue weighted by atomic mass is 10.0. The van der Waals surface area contributed by atoms with Crippen LogP contribution in [0, 0.1) is 0 Å². The number of benzene rings is 1. The van der Waals surface area contributed by atoms with Crippen molar-refractivity contribution in [2.75, 3.05) is 19.4 Å². The molecule has 0 spiro atoms. The second-order valence-corrected chi connectivity index (χ2v) is 6.74. The van der Waals surface area contributed by atoms with Crippen molar-refractivity contribution >= 4 is 15.7 Å². The number of ether oxygens (including phenoxy) is 1. The number of hydrogen-bond acceptors (Lipinski definition) is 5. The maximum absolute atomic E-state index is 12.1. The first-order chi connectivity index (χ1) is 9.22. The van der Waals surface area contributed by atoms with E-state index in [1.807, 2.05) is 6.92 Å². The van der Waals surface area contributed by atoms with Crippen LogP contribution in [0.3, 0.4) is 0 Å². The van der Waals surface area contributed by atoms with Crippen LogP contribution in [0.1, 0.15) is 26.7 Å². The van der Waals surface area contributed by atoms with E-state index < -0.39 is 15.6 Å². The van der Waals surface area contributed by atoms with Crippen LogP contribution in [0.5, 0.6) is 5.75 Å². The average Bonchev–Trinajstić information content (AvgIpc) is 2.36. The third kappa shape index (κ3) is 4.36. The van der Waals surface area contributed by atoms with Crippen LogP contribution >= 0.6 is 0 Å².